The lowest BCUT2D eigenvalue weighted by Crippen LogP contribution is -2.30. The zero-order valence-electron chi connectivity index (χ0n) is 56.7. The molecule has 0 amide bonds. The molecule has 524 valence electrons. The standard InChI is InChI=1S/C73H126O16P2/c1-4-7-10-13-16-19-22-25-28-30-31-32-33-34-35-37-40-41-44-47-50-53-56-59-71(76)83-62-68(74)63-85-90(79,80)86-64-69(75)65-87-91(81,82)88-67-70(89-73(78)61-58-55-52-49-46-43-38-27-24-21-18-15-12-9-6-3)66-84-72(77)60-57-54-51-48-45-42-39-36-29-26-23-20-17-14-11-8-5-2/h8,11,16-17,19-20,25-26,28-29,31-32,34-35,39,42,48,51,68-70,74-75H,4-7,9-10,12-15,18,21-24,27,30,33,36-38,40-41,43-47,49-50,52-67H2,1-3H3,(H,79,80)(H,81,82)/b11-8-,19-16-,20-17-,28-25-,29-26-,32-31-,35-34-,42-39-,51-48-. The third-order valence-electron chi connectivity index (χ3n) is 14.5. The van der Waals surface area contributed by atoms with E-state index in [4.69, 9.17) is 32.3 Å². The van der Waals surface area contributed by atoms with Gasteiger partial charge in [-0.25, -0.2) is 9.13 Å². The summed E-state index contributed by atoms with van der Waals surface area (Å²) in [6.07, 6.45) is 74.3. The first-order valence-electron chi connectivity index (χ1n) is 35.2. The summed E-state index contributed by atoms with van der Waals surface area (Å²) < 4.78 is 60.9. The van der Waals surface area contributed by atoms with Crippen LogP contribution in [-0.4, -0.2) is 95.9 Å². The van der Waals surface area contributed by atoms with Crippen LogP contribution < -0.4 is 0 Å². The Hall–Kier alpha value is -3.79. The molecule has 0 saturated carbocycles. The maximum Gasteiger partial charge on any atom is 0.472 e. The highest BCUT2D eigenvalue weighted by Crippen LogP contribution is 2.45. The third-order valence-corrected chi connectivity index (χ3v) is 16.4. The molecule has 0 aromatic heterocycles. The van der Waals surface area contributed by atoms with Gasteiger partial charge in [-0.2, -0.15) is 0 Å². The summed E-state index contributed by atoms with van der Waals surface area (Å²) in [7, 11) is -9.79. The second-order valence-corrected chi connectivity index (χ2v) is 26.2. The van der Waals surface area contributed by atoms with Gasteiger partial charge in [-0.3, -0.25) is 32.5 Å². The summed E-state index contributed by atoms with van der Waals surface area (Å²) in [4.78, 5) is 58.4. The average molecular weight is 1320 g/mol. The summed E-state index contributed by atoms with van der Waals surface area (Å²) in [5, 5.41) is 20.6. The lowest BCUT2D eigenvalue weighted by molar-refractivity contribution is -0.161. The number of aliphatic hydroxyl groups is 2. The van der Waals surface area contributed by atoms with Gasteiger partial charge in [0.1, 0.15) is 25.4 Å². The molecule has 0 fully saturated rings. The van der Waals surface area contributed by atoms with Crippen LogP contribution in [0, 0.1) is 0 Å². The number of carbonyl (C=O) groups excluding carboxylic acids is 3. The molecule has 16 nitrogen and oxygen atoms in total. The molecule has 0 aromatic rings. The predicted octanol–water partition coefficient (Wildman–Crippen LogP) is 19.6. The largest absolute Gasteiger partial charge is 0.472 e. The van der Waals surface area contributed by atoms with Crippen molar-refractivity contribution in [3.63, 3.8) is 0 Å². The number of phosphoric ester groups is 2. The Kier molecular flexibility index (Phi) is 63.5. The quantitative estimate of drug-likeness (QED) is 0.0146. The number of esters is 3. The zero-order chi connectivity index (χ0) is 66.7. The molecule has 91 heavy (non-hydrogen) atoms. The van der Waals surface area contributed by atoms with Crippen molar-refractivity contribution in [2.45, 2.75) is 296 Å². The first-order valence-corrected chi connectivity index (χ1v) is 38.2. The molecule has 0 spiro atoms. The number of unbranched alkanes of at least 4 members (excludes halogenated alkanes) is 25. The molecular formula is C73H126O16P2. The Bertz CT molecular complexity index is 2100. The SMILES string of the molecule is CC/C=C\C/C=C\C/C=C\C/C=C\C/C=C\CCCC(=O)OCC(COP(=O)(O)OCC(O)COP(=O)(O)OCC(O)COC(=O)CCCCCCCCC/C=C\C/C=C\C/C=C\C/C=C\CCCCC)OC(=O)CCCCCCCCCCCCCCCCC. The monoisotopic (exact) mass is 1320 g/mol. The van der Waals surface area contributed by atoms with Crippen molar-refractivity contribution < 1.29 is 75.8 Å². The Labute approximate surface area is 551 Å². The van der Waals surface area contributed by atoms with Gasteiger partial charge in [0.2, 0.25) is 0 Å². The van der Waals surface area contributed by atoms with Crippen LogP contribution in [0.5, 0.6) is 0 Å². The second-order valence-electron chi connectivity index (χ2n) is 23.3. The van der Waals surface area contributed by atoms with Gasteiger partial charge in [-0.05, 0) is 103 Å². The number of phosphoric acid groups is 2. The van der Waals surface area contributed by atoms with E-state index in [1.54, 1.807) is 0 Å². The first-order chi connectivity index (χ1) is 44.2. The number of hydrogen-bond donors (Lipinski definition) is 4. The molecule has 0 aliphatic carbocycles. The molecule has 0 aliphatic rings. The van der Waals surface area contributed by atoms with E-state index in [0.717, 1.165) is 122 Å². The van der Waals surface area contributed by atoms with E-state index in [0.29, 0.717) is 25.7 Å². The first kappa shape index (κ1) is 87.2. The highest BCUT2D eigenvalue weighted by molar-refractivity contribution is 7.47. The summed E-state index contributed by atoms with van der Waals surface area (Å²) >= 11 is 0. The Balaban J connectivity index is 4.66. The van der Waals surface area contributed by atoms with E-state index in [-0.39, 0.29) is 19.3 Å². The van der Waals surface area contributed by atoms with Gasteiger partial charge in [0.15, 0.2) is 6.10 Å². The van der Waals surface area contributed by atoms with Crippen molar-refractivity contribution in [2.24, 2.45) is 0 Å². The van der Waals surface area contributed by atoms with Crippen LogP contribution in [0.3, 0.4) is 0 Å². The van der Waals surface area contributed by atoms with Gasteiger partial charge in [0.25, 0.3) is 0 Å². The van der Waals surface area contributed by atoms with E-state index < -0.39 is 91.5 Å². The Morgan fingerprint density at radius 1 is 0.319 bits per heavy atom. The minimum Gasteiger partial charge on any atom is -0.463 e. The molecule has 0 radical (unpaired) electrons. The molecule has 0 aliphatic heterocycles. The molecule has 0 heterocycles. The van der Waals surface area contributed by atoms with Gasteiger partial charge < -0.3 is 34.2 Å². The van der Waals surface area contributed by atoms with Crippen LogP contribution in [0.15, 0.2) is 109 Å². The molecule has 4 N–H and O–H groups in total. The van der Waals surface area contributed by atoms with Crippen LogP contribution in [0.4, 0.5) is 0 Å². The zero-order valence-corrected chi connectivity index (χ0v) is 58.5. The van der Waals surface area contributed by atoms with Gasteiger partial charge in [-0.1, -0.05) is 265 Å². The third kappa shape index (κ3) is 67.4. The fourth-order valence-corrected chi connectivity index (χ4v) is 10.7. The normalized spacial score (nSPS) is 14.8. The van der Waals surface area contributed by atoms with Gasteiger partial charge in [0, 0.05) is 19.3 Å². The minimum absolute atomic E-state index is 0.0920. The van der Waals surface area contributed by atoms with E-state index in [9.17, 15) is 43.5 Å². The molecule has 5 unspecified atom stereocenters. The predicted molar refractivity (Wildman–Crippen MR) is 371 cm³/mol. The van der Waals surface area contributed by atoms with Crippen molar-refractivity contribution in [2.75, 3.05) is 39.6 Å². The lowest BCUT2D eigenvalue weighted by Gasteiger charge is -2.21. The van der Waals surface area contributed by atoms with Crippen LogP contribution in [0.2, 0.25) is 0 Å². The van der Waals surface area contributed by atoms with Crippen LogP contribution >= 0.6 is 15.6 Å². The number of aliphatic hydroxyl groups excluding tert-OH is 2. The van der Waals surface area contributed by atoms with Crippen molar-refractivity contribution in [1.29, 1.82) is 0 Å². The summed E-state index contributed by atoms with van der Waals surface area (Å²) in [6, 6.07) is 0. The Morgan fingerprint density at radius 3 is 0.989 bits per heavy atom. The van der Waals surface area contributed by atoms with Gasteiger partial charge >= 0.3 is 33.6 Å². The van der Waals surface area contributed by atoms with Gasteiger partial charge in [0.05, 0.1) is 26.4 Å². The number of hydrogen-bond acceptors (Lipinski definition) is 14. The smallest absolute Gasteiger partial charge is 0.463 e. The van der Waals surface area contributed by atoms with Gasteiger partial charge in [-0.15, -0.1) is 0 Å². The number of ether oxygens (including phenoxy) is 3. The molecule has 0 bridgehead atoms. The average Bonchev–Trinajstić information content (AvgIpc) is 3.27. The summed E-state index contributed by atoms with van der Waals surface area (Å²) in [5.41, 5.74) is 0. The van der Waals surface area contributed by atoms with E-state index in [2.05, 4.69) is 118 Å². The fraction of sp³-hybridized carbons (Fsp3) is 0.712. The molecular weight excluding hydrogens is 1190 g/mol. The van der Waals surface area contributed by atoms with Crippen molar-refractivity contribution in [1.82, 2.24) is 0 Å². The number of rotatable bonds is 66. The van der Waals surface area contributed by atoms with Crippen LogP contribution in [0.25, 0.3) is 0 Å². The van der Waals surface area contributed by atoms with E-state index in [1.807, 2.05) is 12.2 Å². The van der Waals surface area contributed by atoms with E-state index in [1.165, 1.54) is 89.9 Å². The highest BCUT2D eigenvalue weighted by Gasteiger charge is 2.29. The molecule has 18 heteroatoms. The molecule has 5 atom stereocenters. The van der Waals surface area contributed by atoms with E-state index >= 15 is 0 Å². The van der Waals surface area contributed by atoms with Crippen LogP contribution in [-0.2, 0) is 55.8 Å². The van der Waals surface area contributed by atoms with Crippen molar-refractivity contribution in [3.8, 4) is 0 Å². The maximum absolute atomic E-state index is 12.9. The number of carbonyl (C=O) groups is 3. The van der Waals surface area contributed by atoms with Crippen LogP contribution in [0.1, 0.15) is 278 Å². The molecule has 0 aromatic carbocycles. The van der Waals surface area contributed by atoms with Crippen molar-refractivity contribution >= 4 is 33.6 Å². The maximum atomic E-state index is 12.9. The summed E-state index contributed by atoms with van der Waals surface area (Å²) in [6.45, 7) is 2.46. The lowest BCUT2D eigenvalue weighted by atomic mass is 10.0. The fourth-order valence-electron chi connectivity index (χ4n) is 9.12. The second kappa shape index (κ2) is 66.2. The summed E-state index contributed by atoms with van der Waals surface area (Å²) in [5.74, 6) is -1.65. The minimum atomic E-state index is -4.94. The topological polar surface area (TPSA) is 231 Å². The molecule has 0 saturated heterocycles. The van der Waals surface area contributed by atoms with Crippen molar-refractivity contribution in [3.05, 3.63) is 109 Å². The Morgan fingerprint density at radius 2 is 0.593 bits per heavy atom. The molecule has 0 rings (SSSR count). The highest BCUT2D eigenvalue weighted by atomic mass is 31.2. The number of allylic oxidation sites excluding steroid dienone is 18.